The van der Waals surface area contributed by atoms with Crippen LogP contribution in [0, 0.1) is 0 Å². The molecule has 0 spiro atoms. The fourth-order valence-electron chi connectivity index (χ4n) is 3.36. The summed E-state index contributed by atoms with van der Waals surface area (Å²) in [5.41, 5.74) is 3.93. The maximum absolute atomic E-state index is 12.7. The molecule has 0 saturated heterocycles. The Hall–Kier alpha value is -3.34. The van der Waals surface area contributed by atoms with Crippen LogP contribution >= 0.6 is 0 Å². The van der Waals surface area contributed by atoms with Gasteiger partial charge >= 0.3 is 0 Å². The van der Waals surface area contributed by atoms with Gasteiger partial charge in [0.05, 0.1) is 24.9 Å². The van der Waals surface area contributed by atoms with Gasteiger partial charge in [0.15, 0.2) is 5.69 Å². The van der Waals surface area contributed by atoms with Gasteiger partial charge in [-0.1, -0.05) is 63.2 Å². The number of para-hydroxylation sites is 1. The molecule has 0 fully saturated rings. The van der Waals surface area contributed by atoms with Crippen molar-refractivity contribution in [3.8, 4) is 0 Å². The van der Waals surface area contributed by atoms with Gasteiger partial charge in [-0.05, 0) is 34.7 Å². The van der Waals surface area contributed by atoms with Crippen LogP contribution in [-0.4, -0.2) is 15.7 Å². The summed E-state index contributed by atoms with van der Waals surface area (Å²) in [6, 6.07) is 20.0. The Balaban J connectivity index is 1.59. The molecule has 29 heavy (non-hydrogen) atoms. The Morgan fingerprint density at radius 1 is 1.03 bits per heavy atom. The van der Waals surface area contributed by atoms with E-state index >= 15 is 0 Å². The van der Waals surface area contributed by atoms with E-state index in [-0.39, 0.29) is 11.3 Å². The normalized spacial score (nSPS) is 11.7. The number of aromatic nitrogens is 2. The molecule has 4 rings (SSSR count). The minimum Gasteiger partial charge on any atom is -0.467 e. The summed E-state index contributed by atoms with van der Waals surface area (Å²) in [7, 11) is 0. The highest BCUT2D eigenvalue weighted by Crippen LogP contribution is 2.24. The van der Waals surface area contributed by atoms with Crippen molar-refractivity contribution in [1.29, 1.82) is 0 Å². The number of hydrogen-bond donors (Lipinski definition) is 1. The lowest BCUT2D eigenvalue weighted by Crippen LogP contribution is -2.23. The first-order valence-corrected chi connectivity index (χ1v) is 9.77. The van der Waals surface area contributed by atoms with E-state index in [1.54, 1.807) is 12.3 Å². The Morgan fingerprint density at radius 2 is 1.79 bits per heavy atom. The molecule has 5 heteroatoms. The summed E-state index contributed by atoms with van der Waals surface area (Å²) >= 11 is 0. The summed E-state index contributed by atoms with van der Waals surface area (Å²) < 4.78 is 7.18. The van der Waals surface area contributed by atoms with E-state index in [2.05, 4.69) is 55.5 Å². The minimum atomic E-state index is -0.209. The summed E-state index contributed by atoms with van der Waals surface area (Å²) in [5.74, 6) is 0.500. The van der Waals surface area contributed by atoms with E-state index in [0.29, 0.717) is 24.5 Å². The lowest BCUT2D eigenvalue weighted by molar-refractivity contribution is 0.0944. The zero-order valence-electron chi connectivity index (χ0n) is 17.0. The van der Waals surface area contributed by atoms with Crippen LogP contribution < -0.4 is 5.32 Å². The molecular formula is C24H25N3O2. The molecule has 0 aliphatic heterocycles. The summed E-state index contributed by atoms with van der Waals surface area (Å²) in [6.45, 7) is 7.56. The van der Waals surface area contributed by atoms with Crippen molar-refractivity contribution in [2.75, 3.05) is 0 Å². The molecule has 0 atom stereocenters. The second-order valence-electron chi connectivity index (χ2n) is 8.23. The van der Waals surface area contributed by atoms with Crippen molar-refractivity contribution < 1.29 is 9.21 Å². The van der Waals surface area contributed by atoms with Gasteiger partial charge in [0.25, 0.3) is 5.91 Å². The van der Waals surface area contributed by atoms with Crippen LogP contribution in [0.2, 0.25) is 0 Å². The third kappa shape index (κ3) is 4.09. The van der Waals surface area contributed by atoms with Gasteiger partial charge in [-0.2, -0.15) is 5.10 Å². The molecule has 1 amide bonds. The third-order valence-electron chi connectivity index (χ3n) is 5.03. The second kappa shape index (κ2) is 7.59. The van der Waals surface area contributed by atoms with Crippen molar-refractivity contribution >= 4 is 16.8 Å². The second-order valence-corrected chi connectivity index (χ2v) is 8.23. The molecule has 2 aromatic carbocycles. The fraction of sp³-hybridized carbons (Fsp3) is 0.250. The van der Waals surface area contributed by atoms with Crippen molar-refractivity contribution in [2.45, 2.75) is 39.3 Å². The quantitative estimate of drug-likeness (QED) is 0.529. The van der Waals surface area contributed by atoms with Gasteiger partial charge in [0.2, 0.25) is 0 Å². The maximum Gasteiger partial charge on any atom is 0.272 e. The highest BCUT2D eigenvalue weighted by molar-refractivity contribution is 6.04. The van der Waals surface area contributed by atoms with E-state index in [0.717, 1.165) is 16.5 Å². The molecule has 1 N–H and O–H groups in total. The summed E-state index contributed by atoms with van der Waals surface area (Å²) in [5, 5.41) is 8.36. The van der Waals surface area contributed by atoms with Crippen LogP contribution in [0.3, 0.4) is 0 Å². The maximum atomic E-state index is 12.7. The minimum absolute atomic E-state index is 0.121. The third-order valence-corrected chi connectivity index (χ3v) is 5.03. The van der Waals surface area contributed by atoms with Gasteiger partial charge in [-0.3, -0.25) is 9.48 Å². The number of hydrogen-bond acceptors (Lipinski definition) is 3. The average Bonchev–Trinajstić information content (AvgIpc) is 3.34. The average molecular weight is 387 g/mol. The van der Waals surface area contributed by atoms with Crippen molar-refractivity contribution in [2.24, 2.45) is 0 Å². The lowest BCUT2D eigenvalue weighted by atomic mass is 9.87. The monoisotopic (exact) mass is 387 g/mol. The van der Waals surface area contributed by atoms with Crippen LogP contribution in [0.25, 0.3) is 10.9 Å². The Kier molecular flexibility index (Phi) is 4.97. The molecular weight excluding hydrogens is 362 g/mol. The Morgan fingerprint density at radius 3 is 2.48 bits per heavy atom. The zero-order chi connectivity index (χ0) is 20.4. The highest BCUT2D eigenvalue weighted by atomic mass is 16.3. The topological polar surface area (TPSA) is 60.1 Å². The van der Waals surface area contributed by atoms with Crippen molar-refractivity contribution in [1.82, 2.24) is 15.1 Å². The number of nitrogens with one attached hydrogen (secondary N) is 1. The SMILES string of the molecule is CC(C)(C)c1ccc(Cn2nc(C(=O)NCc3ccco3)c3ccccc32)cc1. The largest absolute Gasteiger partial charge is 0.467 e. The number of amides is 1. The number of benzene rings is 2. The first kappa shape index (κ1) is 19.0. The lowest BCUT2D eigenvalue weighted by Gasteiger charge is -2.19. The van der Waals surface area contributed by atoms with E-state index in [9.17, 15) is 4.79 Å². The van der Waals surface area contributed by atoms with Gasteiger partial charge in [-0.15, -0.1) is 0 Å². The first-order valence-electron chi connectivity index (χ1n) is 9.77. The summed E-state index contributed by atoms with van der Waals surface area (Å²) in [6.07, 6.45) is 1.59. The number of fused-ring (bicyclic) bond motifs is 1. The zero-order valence-corrected chi connectivity index (χ0v) is 17.0. The summed E-state index contributed by atoms with van der Waals surface area (Å²) in [4.78, 5) is 12.7. The number of carbonyl (C=O) groups is 1. The van der Waals surface area contributed by atoms with Gasteiger partial charge < -0.3 is 9.73 Å². The van der Waals surface area contributed by atoms with E-state index in [1.807, 2.05) is 35.0 Å². The van der Waals surface area contributed by atoms with Gasteiger partial charge in [0.1, 0.15) is 5.76 Å². The number of furan rings is 1. The molecule has 148 valence electrons. The van der Waals surface area contributed by atoms with Crippen LogP contribution in [0.15, 0.2) is 71.3 Å². The number of nitrogens with zero attached hydrogens (tertiary/aromatic N) is 2. The molecule has 0 unspecified atom stereocenters. The van der Waals surface area contributed by atoms with E-state index < -0.39 is 0 Å². The standard InChI is InChI=1S/C24H25N3O2/c1-24(2,3)18-12-10-17(11-13-18)16-27-21-9-5-4-8-20(21)22(26-27)23(28)25-15-19-7-6-14-29-19/h4-14H,15-16H2,1-3H3,(H,25,28). The molecule has 0 bridgehead atoms. The van der Waals surface area contributed by atoms with Gasteiger partial charge in [0, 0.05) is 5.39 Å². The van der Waals surface area contributed by atoms with Crippen LogP contribution in [0.4, 0.5) is 0 Å². The predicted molar refractivity (Wildman–Crippen MR) is 114 cm³/mol. The molecule has 0 aliphatic carbocycles. The predicted octanol–water partition coefficient (Wildman–Crippen LogP) is 4.91. The van der Waals surface area contributed by atoms with E-state index in [4.69, 9.17) is 4.42 Å². The van der Waals surface area contributed by atoms with Crippen LogP contribution in [-0.2, 0) is 18.5 Å². The number of rotatable bonds is 5. The Labute approximate surface area is 170 Å². The molecule has 0 aliphatic rings. The number of carbonyl (C=O) groups excluding carboxylic acids is 1. The fourth-order valence-corrected chi connectivity index (χ4v) is 3.36. The van der Waals surface area contributed by atoms with Gasteiger partial charge in [-0.25, -0.2) is 0 Å². The Bertz CT molecular complexity index is 1120. The smallest absolute Gasteiger partial charge is 0.272 e. The molecule has 0 radical (unpaired) electrons. The molecule has 4 aromatic rings. The van der Waals surface area contributed by atoms with E-state index in [1.165, 1.54) is 5.56 Å². The molecule has 0 saturated carbocycles. The molecule has 2 aromatic heterocycles. The van der Waals surface area contributed by atoms with Crippen molar-refractivity contribution in [3.05, 3.63) is 89.5 Å². The first-order chi connectivity index (χ1) is 13.9. The van der Waals surface area contributed by atoms with Crippen LogP contribution in [0.1, 0.15) is 48.1 Å². The molecule has 2 heterocycles. The highest BCUT2D eigenvalue weighted by Gasteiger charge is 2.18. The van der Waals surface area contributed by atoms with Crippen LogP contribution in [0.5, 0.6) is 0 Å². The van der Waals surface area contributed by atoms with Crippen molar-refractivity contribution in [3.63, 3.8) is 0 Å². The molecule has 5 nitrogen and oxygen atoms in total.